The van der Waals surface area contributed by atoms with Gasteiger partial charge in [0, 0.05) is 17.0 Å². The van der Waals surface area contributed by atoms with Crippen molar-refractivity contribution < 1.29 is 22.7 Å². The van der Waals surface area contributed by atoms with Gasteiger partial charge in [0.2, 0.25) is 6.79 Å². The molecule has 0 saturated carbocycles. The van der Waals surface area contributed by atoms with E-state index in [-0.39, 0.29) is 16.9 Å². The van der Waals surface area contributed by atoms with Gasteiger partial charge in [0.05, 0.1) is 0 Å². The maximum absolute atomic E-state index is 12.3. The molecule has 0 fully saturated rings. The molecule has 0 aliphatic carbocycles. The zero-order valence-electron chi connectivity index (χ0n) is 17.2. The molecular formula is C22H21N3O5S2. The Bertz CT molecular complexity index is 1240. The van der Waals surface area contributed by atoms with Gasteiger partial charge in [-0.05, 0) is 73.2 Å². The lowest BCUT2D eigenvalue weighted by Crippen LogP contribution is -2.19. The van der Waals surface area contributed by atoms with Gasteiger partial charge >= 0.3 is 0 Å². The quantitative estimate of drug-likeness (QED) is 0.381. The van der Waals surface area contributed by atoms with Crippen LogP contribution in [0.3, 0.4) is 0 Å². The molecule has 4 rings (SSSR count). The summed E-state index contributed by atoms with van der Waals surface area (Å²) in [6.45, 7) is 2.09. The topological polar surface area (TPSA) is 106 Å². The molecular weight excluding hydrogens is 450 g/mol. The summed E-state index contributed by atoms with van der Waals surface area (Å²) in [7, 11) is -3.63. The molecule has 10 heteroatoms. The summed E-state index contributed by atoms with van der Waals surface area (Å²) in [4.78, 5) is 12.3. The largest absolute Gasteiger partial charge is 0.454 e. The van der Waals surface area contributed by atoms with Gasteiger partial charge in [0.15, 0.2) is 11.5 Å². The first-order valence-electron chi connectivity index (χ1n) is 9.79. The molecule has 0 bridgehead atoms. The number of nitrogens with one attached hydrogen (secondary N) is 2. The van der Waals surface area contributed by atoms with Crippen LogP contribution in [0, 0.1) is 0 Å². The van der Waals surface area contributed by atoms with Crippen LogP contribution in [0.1, 0.15) is 29.3 Å². The van der Waals surface area contributed by atoms with Gasteiger partial charge in [0.25, 0.3) is 15.9 Å². The molecule has 2 heterocycles. The number of aryl methyl sites for hydroxylation is 1. The molecule has 0 unspecified atom stereocenters. The van der Waals surface area contributed by atoms with Crippen LogP contribution in [0.25, 0.3) is 0 Å². The molecule has 1 aliphatic heterocycles. The molecule has 0 atom stereocenters. The molecule has 3 aromatic rings. The zero-order chi connectivity index (χ0) is 22.6. The maximum Gasteiger partial charge on any atom is 0.271 e. The van der Waals surface area contributed by atoms with E-state index in [0.29, 0.717) is 17.7 Å². The van der Waals surface area contributed by atoms with Gasteiger partial charge in [-0.3, -0.25) is 9.52 Å². The van der Waals surface area contributed by atoms with Crippen LogP contribution in [0.2, 0.25) is 0 Å². The fraction of sp³-hybridized carbons (Fsp3) is 0.182. The SMILES string of the molecule is C/C(CCc1ccc2c(c1)OCO2)=N\NC(=O)c1ccc(NS(=O)(=O)c2cccs2)cc1. The average Bonchev–Trinajstić information content (AvgIpc) is 3.48. The second-order valence-electron chi connectivity index (χ2n) is 7.09. The Kier molecular flexibility index (Phi) is 6.42. The molecule has 0 spiro atoms. The molecule has 166 valence electrons. The smallest absolute Gasteiger partial charge is 0.271 e. The summed E-state index contributed by atoms with van der Waals surface area (Å²) in [6, 6.07) is 15.2. The van der Waals surface area contributed by atoms with E-state index in [1.807, 2.05) is 25.1 Å². The number of benzene rings is 2. The summed E-state index contributed by atoms with van der Waals surface area (Å²) in [5.74, 6) is 1.11. The van der Waals surface area contributed by atoms with Crippen LogP contribution in [0.15, 0.2) is 69.3 Å². The van der Waals surface area contributed by atoms with E-state index < -0.39 is 10.0 Å². The highest BCUT2D eigenvalue weighted by Gasteiger charge is 2.16. The van der Waals surface area contributed by atoms with Gasteiger partial charge in [-0.2, -0.15) is 5.10 Å². The molecule has 0 radical (unpaired) electrons. The second kappa shape index (κ2) is 9.41. The number of nitrogens with zero attached hydrogens (tertiary/aromatic N) is 1. The predicted octanol–water partition coefficient (Wildman–Crippen LogP) is 4.02. The third-order valence-corrected chi connectivity index (χ3v) is 7.50. The highest BCUT2D eigenvalue weighted by molar-refractivity contribution is 7.94. The predicted molar refractivity (Wildman–Crippen MR) is 123 cm³/mol. The van der Waals surface area contributed by atoms with Gasteiger partial charge in [-0.15, -0.1) is 11.3 Å². The number of carbonyl (C=O) groups excluding carboxylic acids is 1. The van der Waals surface area contributed by atoms with Crippen molar-refractivity contribution >= 4 is 38.7 Å². The first-order valence-corrected chi connectivity index (χ1v) is 12.2. The minimum absolute atomic E-state index is 0.227. The number of carbonyl (C=O) groups is 1. The minimum atomic E-state index is -3.63. The van der Waals surface area contributed by atoms with Crippen LogP contribution in [0.5, 0.6) is 11.5 Å². The van der Waals surface area contributed by atoms with Gasteiger partial charge in [-0.1, -0.05) is 12.1 Å². The second-order valence-corrected chi connectivity index (χ2v) is 9.95. The molecule has 8 nitrogen and oxygen atoms in total. The Labute approximate surface area is 189 Å². The lowest BCUT2D eigenvalue weighted by atomic mass is 10.1. The van der Waals surface area contributed by atoms with E-state index in [1.165, 1.54) is 18.2 Å². The monoisotopic (exact) mass is 471 g/mol. The van der Waals surface area contributed by atoms with Crippen molar-refractivity contribution in [2.45, 2.75) is 24.0 Å². The van der Waals surface area contributed by atoms with E-state index in [0.717, 1.165) is 40.5 Å². The van der Waals surface area contributed by atoms with Crippen molar-refractivity contribution in [1.82, 2.24) is 5.43 Å². The number of sulfonamides is 1. The number of thiophene rings is 1. The number of hydrazone groups is 1. The highest BCUT2D eigenvalue weighted by atomic mass is 32.2. The fourth-order valence-electron chi connectivity index (χ4n) is 3.00. The zero-order valence-corrected chi connectivity index (χ0v) is 18.8. The van der Waals surface area contributed by atoms with Gasteiger partial charge in [0.1, 0.15) is 4.21 Å². The van der Waals surface area contributed by atoms with E-state index in [1.54, 1.807) is 23.6 Å². The van der Waals surface area contributed by atoms with Crippen molar-refractivity contribution in [2.75, 3.05) is 11.5 Å². The Morgan fingerprint density at radius 3 is 2.62 bits per heavy atom. The van der Waals surface area contributed by atoms with Crippen molar-refractivity contribution in [3.8, 4) is 11.5 Å². The van der Waals surface area contributed by atoms with Crippen LogP contribution >= 0.6 is 11.3 Å². The highest BCUT2D eigenvalue weighted by Crippen LogP contribution is 2.32. The lowest BCUT2D eigenvalue weighted by Gasteiger charge is -2.07. The van der Waals surface area contributed by atoms with E-state index in [9.17, 15) is 13.2 Å². The Morgan fingerprint density at radius 2 is 1.88 bits per heavy atom. The first kappa shape index (κ1) is 21.8. The number of anilines is 1. The molecule has 0 saturated heterocycles. The normalized spacial score (nSPS) is 13.1. The van der Waals surface area contributed by atoms with Crippen LogP contribution in [-0.2, 0) is 16.4 Å². The van der Waals surface area contributed by atoms with E-state index >= 15 is 0 Å². The maximum atomic E-state index is 12.3. The molecule has 2 aromatic carbocycles. The number of amides is 1. The lowest BCUT2D eigenvalue weighted by molar-refractivity contribution is 0.0954. The number of ether oxygens (including phenoxy) is 2. The van der Waals surface area contributed by atoms with Crippen molar-refractivity contribution in [3.63, 3.8) is 0 Å². The van der Waals surface area contributed by atoms with Crippen LogP contribution in [0.4, 0.5) is 5.69 Å². The Morgan fingerprint density at radius 1 is 1.09 bits per heavy atom. The Hall–Kier alpha value is -3.37. The average molecular weight is 472 g/mol. The van der Waals surface area contributed by atoms with E-state index in [2.05, 4.69) is 15.2 Å². The third-order valence-electron chi connectivity index (χ3n) is 4.72. The van der Waals surface area contributed by atoms with E-state index in [4.69, 9.17) is 9.47 Å². The first-order chi connectivity index (χ1) is 15.4. The summed E-state index contributed by atoms with van der Waals surface area (Å²) in [5, 5.41) is 5.85. The van der Waals surface area contributed by atoms with Crippen LogP contribution in [-0.4, -0.2) is 26.8 Å². The number of fused-ring (bicyclic) bond motifs is 1. The minimum Gasteiger partial charge on any atom is -0.454 e. The standard InChI is InChI=1S/C22H21N3O5S2/c1-15(4-5-16-6-11-19-20(13-16)30-14-29-19)23-24-22(26)17-7-9-18(10-8-17)25-32(27,28)21-3-2-12-31-21/h2-3,6-13,25H,4-5,14H2,1H3,(H,24,26)/b23-15+. The number of hydrogen-bond acceptors (Lipinski definition) is 7. The van der Waals surface area contributed by atoms with Crippen molar-refractivity contribution in [1.29, 1.82) is 0 Å². The number of hydrogen-bond donors (Lipinski definition) is 2. The molecule has 1 aromatic heterocycles. The van der Waals surface area contributed by atoms with Crippen molar-refractivity contribution in [3.05, 3.63) is 71.1 Å². The van der Waals surface area contributed by atoms with Crippen molar-refractivity contribution in [2.24, 2.45) is 5.10 Å². The Balaban J connectivity index is 1.30. The third kappa shape index (κ3) is 5.27. The molecule has 1 amide bonds. The van der Waals surface area contributed by atoms with Gasteiger partial charge < -0.3 is 9.47 Å². The number of rotatable bonds is 8. The molecule has 1 aliphatic rings. The molecule has 2 N–H and O–H groups in total. The summed E-state index contributed by atoms with van der Waals surface area (Å²) < 4.78 is 37.9. The molecule has 32 heavy (non-hydrogen) atoms. The fourth-order valence-corrected chi connectivity index (χ4v) is 5.05. The summed E-state index contributed by atoms with van der Waals surface area (Å²) >= 11 is 1.13. The van der Waals surface area contributed by atoms with Gasteiger partial charge in [-0.25, -0.2) is 13.8 Å². The summed E-state index contributed by atoms with van der Waals surface area (Å²) in [5.41, 5.74) is 5.15. The summed E-state index contributed by atoms with van der Waals surface area (Å²) in [6.07, 6.45) is 1.42. The van der Waals surface area contributed by atoms with Crippen LogP contribution < -0.4 is 19.6 Å².